The predicted octanol–water partition coefficient (Wildman–Crippen LogP) is -0.579. The Labute approximate surface area is 53.9 Å². The zero-order valence-corrected chi connectivity index (χ0v) is 5.26. The normalized spacial score (nSPS) is 10.2. The molecule has 52 valence electrons. The Bertz CT molecular complexity index is 123. The number of rotatable bonds is 1. The van der Waals surface area contributed by atoms with E-state index in [4.69, 9.17) is 15.3 Å². The van der Waals surface area contributed by atoms with Gasteiger partial charge in [-0.15, -0.1) is 0 Å². The average molecular weight is 130 g/mol. The SMILES string of the molecule is CCCC#CC(O)(O)O. The fourth-order valence-corrected chi connectivity index (χ4v) is 0.306. The molecule has 0 amide bonds. The van der Waals surface area contributed by atoms with Gasteiger partial charge < -0.3 is 15.3 Å². The van der Waals surface area contributed by atoms with Gasteiger partial charge in [-0.05, 0) is 12.3 Å². The van der Waals surface area contributed by atoms with Crippen molar-refractivity contribution in [2.45, 2.75) is 25.7 Å². The minimum Gasteiger partial charge on any atom is -0.333 e. The van der Waals surface area contributed by atoms with Crippen LogP contribution in [0.3, 0.4) is 0 Å². The van der Waals surface area contributed by atoms with Crippen molar-refractivity contribution in [1.82, 2.24) is 0 Å². The molecule has 0 saturated heterocycles. The average Bonchev–Trinajstić information content (AvgIpc) is 1.63. The molecule has 0 aliphatic rings. The van der Waals surface area contributed by atoms with E-state index in [9.17, 15) is 0 Å². The molecule has 0 spiro atoms. The Morgan fingerprint density at radius 3 is 2.22 bits per heavy atom. The van der Waals surface area contributed by atoms with Gasteiger partial charge in [0.2, 0.25) is 0 Å². The first kappa shape index (κ1) is 8.44. The van der Waals surface area contributed by atoms with E-state index in [0.29, 0.717) is 6.42 Å². The first-order valence-electron chi connectivity index (χ1n) is 2.73. The summed E-state index contributed by atoms with van der Waals surface area (Å²) in [5.41, 5.74) is 0. The van der Waals surface area contributed by atoms with Gasteiger partial charge in [-0.3, -0.25) is 0 Å². The summed E-state index contributed by atoms with van der Waals surface area (Å²) in [5, 5.41) is 24.5. The van der Waals surface area contributed by atoms with Crippen molar-refractivity contribution in [2.75, 3.05) is 0 Å². The summed E-state index contributed by atoms with van der Waals surface area (Å²) in [7, 11) is 0. The molecule has 3 heteroatoms. The Balaban J connectivity index is 3.59. The number of unbranched alkanes of at least 4 members (excludes halogenated alkanes) is 1. The van der Waals surface area contributed by atoms with E-state index in [2.05, 4.69) is 5.92 Å². The molecule has 0 atom stereocenters. The molecule has 0 fully saturated rings. The first-order valence-corrected chi connectivity index (χ1v) is 2.73. The molecule has 0 rings (SSSR count). The van der Waals surface area contributed by atoms with Gasteiger partial charge in [-0.2, -0.15) is 0 Å². The van der Waals surface area contributed by atoms with Crippen molar-refractivity contribution in [2.24, 2.45) is 0 Å². The van der Waals surface area contributed by atoms with Gasteiger partial charge in [0, 0.05) is 6.42 Å². The summed E-state index contributed by atoms with van der Waals surface area (Å²) < 4.78 is 0. The molecule has 0 bridgehead atoms. The number of hydrogen-bond donors (Lipinski definition) is 3. The van der Waals surface area contributed by atoms with Crippen molar-refractivity contribution in [1.29, 1.82) is 0 Å². The minimum atomic E-state index is -2.81. The van der Waals surface area contributed by atoms with Gasteiger partial charge in [0.05, 0.1) is 0 Å². The van der Waals surface area contributed by atoms with E-state index in [1.165, 1.54) is 0 Å². The Morgan fingerprint density at radius 1 is 1.33 bits per heavy atom. The van der Waals surface area contributed by atoms with Crippen molar-refractivity contribution >= 4 is 0 Å². The summed E-state index contributed by atoms with van der Waals surface area (Å²) in [6, 6.07) is 0. The van der Waals surface area contributed by atoms with Crippen LogP contribution in [-0.2, 0) is 0 Å². The molecule has 0 unspecified atom stereocenters. The van der Waals surface area contributed by atoms with Crippen LogP contribution in [0.15, 0.2) is 0 Å². The smallest absolute Gasteiger partial charge is 0.333 e. The molecule has 0 saturated carbocycles. The standard InChI is InChI=1S/C6H10O3/c1-2-3-4-5-6(7,8)9/h7-9H,2-3H2,1H3. The summed E-state index contributed by atoms with van der Waals surface area (Å²) in [4.78, 5) is 0. The maximum atomic E-state index is 8.18. The molecule has 0 aromatic heterocycles. The highest BCUT2D eigenvalue weighted by Gasteiger charge is 2.11. The highest BCUT2D eigenvalue weighted by Crippen LogP contribution is 1.89. The molecule has 0 radical (unpaired) electrons. The molecule has 0 aromatic carbocycles. The van der Waals surface area contributed by atoms with E-state index in [1.807, 2.05) is 12.8 Å². The monoisotopic (exact) mass is 130 g/mol. The summed E-state index contributed by atoms with van der Waals surface area (Å²) in [5.74, 6) is 1.40. The van der Waals surface area contributed by atoms with Crippen LogP contribution in [0.4, 0.5) is 0 Å². The fraction of sp³-hybridized carbons (Fsp3) is 0.667. The Kier molecular flexibility index (Phi) is 3.25. The molecule has 3 N–H and O–H groups in total. The molecule has 0 aliphatic carbocycles. The third-order valence-corrected chi connectivity index (χ3v) is 0.631. The van der Waals surface area contributed by atoms with Crippen LogP contribution in [0.1, 0.15) is 19.8 Å². The Morgan fingerprint density at radius 2 is 1.89 bits per heavy atom. The molecule has 0 heterocycles. The van der Waals surface area contributed by atoms with Crippen LogP contribution in [0, 0.1) is 11.8 Å². The van der Waals surface area contributed by atoms with E-state index in [0.717, 1.165) is 6.42 Å². The highest BCUT2D eigenvalue weighted by molar-refractivity contribution is 5.03. The third kappa shape index (κ3) is 7.44. The van der Waals surface area contributed by atoms with Crippen molar-refractivity contribution in [3.05, 3.63) is 0 Å². The maximum Gasteiger partial charge on any atom is 0.345 e. The molecule has 0 aromatic rings. The number of aliphatic hydroxyl groups is 3. The second-order valence-corrected chi connectivity index (χ2v) is 1.69. The summed E-state index contributed by atoms with van der Waals surface area (Å²) in [6.07, 6.45) is 1.40. The predicted molar refractivity (Wildman–Crippen MR) is 32.1 cm³/mol. The maximum absolute atomic E-state index is 8.18. The van der Waals surface area contributed by atoms with E-state index >= 15 is 0 Å². The van der Waals surface area contributed by atoms with Crippen LogP contribution in [0.5, 0.6) is 0 Å². The second kappa shape index (κ2) is 3.46. The van der Waals surface area contributed by atoms with E-state index in [-0.39, 0.29) is 0 Å². The topological polar surface area (TPSA) is 60.7 Å². The minimum absolute atomic E-state index is 0.559. The van der Waals surface area contributed by atoms with Crippen molar-refractivity contribution in [3.63, 3.8) is 0 Å². The molecular formula is C6H10O3. The van der Waals surface area contributed by atoms with Crippen molar-refractivity contribution < 1.29 is 15.3 Å². The summed E-state index contributed by atoms with van der Waals surface area (Å²) >= 11 is 0. The highest BCUT2D eigenvalue weighted by atomic mass is 16.7. The molecule has 0 aliphatic heterocycles. The van der Waals surface area contributed by atoms with Crippen LogP contribution < -0.4 is 0 Å². The first-order chi connectivity index (χ1) is 4.06. The Hall–Kier alpha value is -0.560. The summed E-state index contributed by atoms with van der Waals surface area (Å²) in [6.45, 7) is 1.91. The fourth-order valence-electron chi connectivity index (χ4n) is 0.306. The van der Waals surface area contributed by atoms with E-state index < -0.39 is 5.97 Å². The van der Waals surface area contributed by atoms with Gasteiger partial charge in [0.15, 0.2) is 0 Å². The van der Waals surface area contributed by atoms with Gasteiger partial charge in [0.25, 0.3) is 0 Å². The number of hydrogen-bond acceptors (Lipinski definition) is 3. The molecule has 3 nitrogen and oxygen atoms in total. The van der Waals surface area contributed by atoms with Gasteiger partial charge in [-0.1, -0.05) is 12.8 Å². The molecular weight excluding hydrogens is 120 g/mol. The van der Waals surface area contributed by atoms with Crippen molar-refractivity contribution in [3.8, 4) is 11.8 Å². The quantitative estimate of drug-likeness (QED) is 0.329. The lowest BCUT2D eigenvalue weighted by atomic mass is 10.3. The van der Waals surface area contributed by atoms with E-state index in [1.54, 1.807) is 0 Å². The zero-order chi connectivity index (χ0) is 7.33. The zero-order valence-electron chi connectivity index (χ0n) is 5.26. The largest absolute Gasteiger partial charge is 0.345 e. The second-order valence-electron chi connectivity index (χ2n) is 1.69. The van der Waals surface area contributed by atoms with Crippen LogP contribution in [0.25, 0.3) is 0 Å². The van der Waals surface area contributed by atoms with Gasteiger partial charge in [-0.25, -0.2) is 0 Å². The van der Waals surface area contributed by atoms with Crippen LogP contribution >= 0.6 is 0 Å². The lowest BCUT2D eigenvalue weighted by Gasteiger charge is -2.01. The van der Waals surface area contributed by atoms with Crippen LogP contribution in [-0.4, -0.2) is 21.3 Å². The van der Waals surface area contributed by atoms with Gasteiger partial charge >= 0.3 is 5.97 Å². The lowest BCUT2D eigenvalue weighted by molar-refractivity contribution is -0.265. The third-order valence-electron chi connectivity index (χ3n) is 0.631. The molecule has 9 heavy (non-hydrogen) atoms. The van der Waals surface area contributed by atoms with Gasteiger partial charge in [0.1, 0.15) is 0 Å². The van der Waals surface area contributed by atoms with Crippen LogP contribution in [0.2, 0.25) is 0 Å². The lowest BCUT2D eigenvalue weighted by Crippen LogP contribution is -2.23.